The Bertz CT molecular complexity index is 1160. The van der Waals surface area contributed by atoms with Gasteiger partial charge < -0.3 is 25.5 Å². The Balaban J connectivity index is 1.41. The molecule has 0 unspecified atom stereocenters. The van der Waals surface area contributed by atoms with Crippen LogP contribution in [0.25, 0.3) is 10.9 Å². The molecule has 3 aromatic rings. The minimum Gasteiger partial charge on any atom is -0.387 e. The van der Waals surface area contributed by atoms with E-state index in [0.29, 0.717) is 30.5 Å². The van der Waals surface area contributed by atoms with Crippen LogP contribution in [0, 0.1) is 0 Å². The van der Waals surface area contributed by atoms with Crippen LogP contribution in [0.5, 0.6) is 0 Å². The summed E-state index contributed by atoms with van der Waals surface area (Å²) in [5, 5.41) is 17.3. The zero-order chi connectivity index (χ0) is 23.5. The van der Waals surface area contributed by atoms with Crippen molar-refractivity contribution in [2.24, 2.45) is 0 Å². The van der Waals surface area contributed by atoms with Crippen LogP contribution in [-0.4, -0.2) is 63.7 Å². The smallest absolute Gasteiger partial charge is 0.240 e. The number of piperidine rings is 1. The number of nitrogens with zero attached hydrogens (tertiary/aromatic N) is 6. The number of aliphatic hydroxyl groups excluding tert-OH is 1. The predicted molar refractivity (Wildman–Crippen MR) is 131 cm³/mol. The maximum Gasteiger partial charge on any atom is 0.240 e. The third kappa shape index (κ3) is 4.78. The molecule has 0 radical (unpaired) electrons. The van der Waals surface area contributed by atoms with Crippen LogP contribution in [0.15, 0.2) is 30.6 Å². The SMILES string of the molecule is C[C@@H](O)c1cc2cnc(Nc3ccc(N4CCCNCC4=O)cn3)nc2c(N2CCCCC2)n1. The second-order valence-corrected chi connectivity index (χ2v) is 8.83. The van der Waals surface area contributed by atoms with E-state index in [9.17, 15) is 9.90 Å². The van der Waals surface area contributed by atoms with Gasteiger partial charge in [-0.3, -0.25) is 4.79 Å². The highest BCUT2D eigenvalue weighted by Gasteiger charge is 2.20. The van der Waals surface area contributed by atoms with Crippen LogP contribution >= 0.6 is 0 Å². The highest BCUT2D eigenvalue weighted by Crippen LogP contribution is 2.29. The maximum absolute atomic E-state index is 12.3. The molecule has 178 valence electrons. The van der Waals surface area contributed by atoms with Crippen LogP contribution in [-0.2, 0) is 4.79 Å². The molecule has 34 heavy (non-hydrogen) atoms. The number of rotatable bonds is 5. The van der Waals surface area contributed by atoms with E-state index < -0.39 is 6.10 Å². The standard InChI is InChI=1S/C24H30N8O2/c1-16(33)19-12-17-13-27-24(30-22(17)23(28-19)31-9-3-2-4-10-31)29-20-7-6-18(14-26-20)32-11-5-8-25-15-21(32)34/h6-7,12-14,16,25,33H,2-5,8-11,15H2,1H3,(H,26,27,29,30)/t16-/m1/s1. The molecule has 2 fully saturated rings. The first kappa shape index (κ1) is 22.4. The largest absolute Gasteiger partial charge is 0.387 e. The molecular weight excluding hydrogens is 432 g/mol. The van der Waals surface area contributed by atoms with Gasteiger partial charge in [-0.25, -0.2) is 19.9 Å². The number of hydrogen-bond donors (Lipinski definition) is 3. The van der Waals surface area contributed by atoms with E-state index in [0.717, 1.165) is 61.3 Å². The summed E-state index contributed by atoms with van der Waals surface area (Å²) in [6.45, 7) is 5.42. The minimum atomic E-state index is -0.666. The summed E-state index contributed by atoms with van der Waals surface area (Å²) >= 11 is 0. The molecule has 0 saturated carbocycles. The molecule has 5 heterocycles. The number of pyridine rings is 2. The van der Waals surface area contributed by atoms with Gasteiger partial charge in [0.25, 0.3) is 0 Å². The highest BCUT2D eigenvalue weighted by atomic mass is 16.3. The lowest BCUT2D eigenvalue weighted by atomic mass is 10.1. The minimum absolute atomic E-state index is 0.0483. The topological polar surface area (TPSA) is 119 Å². The van der Waals surface area contributed by atoms with Crippen LogP contribution in [0.4, 0.5) is 23.3 Å². The fraction of sp³-hybridized carbons (Fsp3) is 0.458. The third-order valence-corrected chi connectivity index (χ3v) is 6.26. The van der Waals surface area contributed by atoms with Gasteiger partial charge >= 0.3 is 0 Å². The number of carbonyl (C=O) groups is 1. The fourth-order valence-electron chi connectivity index (χ4n) is 4.43. The summed E-state index contributed by atoms with van der Waals surface area (Å²) in [6.07, 6.45) is 7.13. The number of fused-ring (bicyclic) bond motifs is 1. The van der Waals surface area contributed by atoms with E-state index in [1.54, 1.807) is 24.2 Å². The zero-order valence-corrected chi connectivity index (χ0v) is 19.4. The first-order valence-electron chi connectivity index (χ1n) is 11.9. The third-order valence-electron chi connectivity index (χ3n) is 6.26. The first-order chi connectivity index (χ1) is 16.6. The molecule has 1 atom stereocenters. The Labute approximate surface area is 198 Å². The van der Waals surface area contributed by atoms with Gasteiger partial charge in [0.1, 0.15) is 11.3 Å². The molecule has 10 heteroatoms. The zero-order valence-electron chi connectivity index (χ0n) is 19.4. The summed E-state index contributed by atoms with van der Waals surface area (Å²) in [6, 6.07) is 5.56. The van der Waals surface area contributed by atoms with Gasteiger partial charge in [0, 0.05) is 31.2 Å². The van der Waals surface area contributed by atoms with E-state index >= 15 is 0 Å². The Morgan fingerprint density at radius 3 is 2.68 bits per heavy atom. The average Bonchev–Trinajstić information content (AvgIpc) is 3.08. The summed E-state index contributed by atoms with van der Waals surface area (Å²) in [4.78, 5) is 34.8. The molecule has 0 spiro atoms. The number of anilines is 4. The number of aromatic nitrogens is 4. The molecule has 1 amide bonds. The van der Waals surface area contributed by atoms with Crippen LogP contribution in [0.1, 0.15) is 44.4 Å². The summed E-state index contributed by atoms with van der Waals surface area (Å²) in [5.74, 6) is 1.85. The van der Waals surface area contributed by atoms with E-state index in [1.165, 1.54) is 6.42 Å². The fourth-order valence-corrected chi connectivity index (χ4v) is 4.43. The van der Waals surface area contributed by atoms with Crippen molar-refractivity contribution < 1.29 is 9.90 Å². The molecule has 0 aromatic carbocycles. The van der Waals surface area contributed by atoms with Gasteiger partial charge in [-0.1, -0.05) is 0 Å². The van der Waals surface area contributed by atoms with Crippen molar-refractivity contribution in [3.8, 4) is 0 Å². The van der Waals surface area contributed by atoms with Crippen molar-refractivity contribution in [1.82, 2.24) is 25.3 Å². The van der Waals surface area contributed by atoms with E-state index in [-0.39, 0.29) is 5.91 Å². The lowest BCUT2D eigenvalue weighted by molar-refractivity contribution is -0.117. The maximum atomic E-state index is 12.3. The van der Waals surface area contributed by atoms with E-state index in [4.69, 9.17) is 9.97 Å². The summed E-state index contributed by atoms with van der Waals surface area (Å²) in [5.41, 5.74) is 2.15. The number of amides is 1. The normalized spacial score (nSPS) is 18.1. The number of aliphatic hydroxyl groups is 1. The predicted octanol–water partition coefficient (Wildman–Crippen LogP) is 2.53. The van der Waals surface area contributed by atoms with Gasteiger partial charge in [0.15, 0.2) is 5.82 Å². The van der Waals surface area contributed by atoms with Crippen molar-refractivity contribution >= 4 is 40.1 Å². The van der Waals surface area contributed by atoms with E-state index in [2.05, 4.69) is 25.5 Å². The average molecular weight is 463 g/mol. The summed E-state index contributed by atoms with van der Waals surface area (Å²) < 4.78 is 0. The second-order valence-electron chi connectivity index (χ2n) is 8.83. The van der Waals surface area contributed by atoms with Crippen molar-refractivity contribution in [2.45, 2.75) is 38.7 Å². The van der Waals surface area contributed by atoms with Crippen LogP contribution in [0.2, 0.25) is 0 Å². The van der Waals surface area contributed by atoms with Gasteiger partial charge in [-0.2, -0.15) is 0 Å². The monoisotopic (exact) mass is 462 g/mol. The summed E-state index contributed by atoms with van der Waals surface area (Å²) in [7, 11) is 0. The van der Waals surface area contributed by atoms with Crippen molar-refractivity contribution in [3.05, 3.63) is 36.3 Å². The number of hydrogen-bond acceptors (Lipinski definition) is 9. The molecule has 3 aromatic heterocycles. The second kappa shape index (κ2) is 9.86. The molecule has 0 aliphatic carbocycles. The molecule has 10 nitrogen and oxygen atoms in total. The molecular formula is C24H30N8O2. The Morgan fingerprint density at radius 2 is 1.91 bits per heavy atom. The first-order valence-corrected chi connectivity index (χ1v) is 11.9. The molecule has 0 bridgehead atoms. The molecule has 3 N–H and O–H groups in total. The van der Waals surface area contributed by atoms with Crippen molar-refractivity contribution in [1.29, 1.82) is 0 Å². The molecule has 2 aliphatic rings. The van der Waals surface area contributed by atoms with E-state index in [1.807, 2.05) is 18.2 Å². The molecule has 2 saturated heterocycles. The number of nitrogens with one attached hydrogen (secondary N) is 2. The lowest BCUT2D eigenvalue weighted by Crippen LogP contribution is -2.34. The quantitative estimate of drug-likeness (QED) is 0.525. The van der Waals surface area contributed by atoms with Gasteiger partial charge in [-0.15, -0.1) is 0 Å². The van der Waals surface area contributed by atoms with Gasteiger partial charge in [0.05, 0.1) is 30.2 Å². The lowest BCUT2D eigenvalue weighted by Gasteiger charge is -2.29. The number of carbonyl (C=O) groups excluding carboxylic acids is 1. The van der Waals surface area contributed by atoms with Gasteiger partial charge in [-0.05, 0) is 57.4 Å². The van der Waals surface area contributed by atoms with Crippen LogP contribution < -0.4 is 20.4 Å². The van der Waals surface area contributed by atoms with Crippen molar-refractivity contribution in [3.63, 3.8) is 0 Å². The molecule has 2 aliphatic heterocycles. The Morgan fingerprint density at radius 1 is 1.06 bits per heavy atom. The molecule has 5 rings (SSSR count). The van der Waals surface area contributed by atoms with Crippen LogP contribution in [0.3, 0.4) is 0 Å². The highest BCUT2D eigenvalue weighted by molar-refractivity contribution is 5.95. The van der Waals surface area contributed by atoms with Crippen molar-refractivity contribution in [2.75, 3.05) is 47.8 Å². The van der Waals surface area contributed by atoms with Gasteiger partial charge in [0.2, 0.25) is 11.9 Å². The Hall–Kier alpha value is -3.37. The Kier molecular flexibility index (Phi) is 6.50.